The highest BCUT2D eigenvalue weighted by Gasteiger charge is 2.45. The van der Waals surface area contributed by atoms with Crippen molar-refractivity contribution in [3.8, 4) is 11.4 Å². The average Bonchev–Trinajstić information content (AvgIpc) is 3.41. The van der Waals surface area contributed by atoms with Crippen molar-refractivity contribution in [3.05, 3.63) is 18.5 Å². The largest absolute Gasteiger partial charge is 0.382 e. The zero-order valence-electron chi connectivity index (χ0n) is 14.5. The molecule has 0 aromatic carbocycles. The molecule has 2 atom stereocenters. The second kappa shape index (κ2) is 5.26. The van der Waals surface area contributed by atoms with Crippen molar-refractivity contribution < 1.29 is 4.74 Å². The van der Waals surface area contributed by atoms with Gasteiger partial charge in [0.25, 0.3) is 0 Å². The summed E-state index contributed by atoms with van der Waals surface area (Å²) < 4.78 is 5.75. The minimum Gasteiger partial charge on any atom is -0.382 e. The topological polar surface area (TPSA) is 93.3 Å². The van der Waals surface area contributed by atoms with Crippen LogP contribution < -0.4 is 15.5 Å². The Balaban J connectivity index is 1.43. The van der Waals surface area contributed by atoms with Crippen molar-refractivity contribution in [2.45, 2.75) is 37.5 Å². The number of aromatic nitrogens is 4. The van der Waals surface area contributed by atoms with Crippen LogP contribution >= 0.6 is 0 Å². The van der Waals surface area contributed by atoms with Gasteiger partial charge in [-0.3, -0.25) is 0 Å². The number of morpholine rings is 1. The van der Waals surface area contributed by atoms with Gasteiger partial charge in [-0.15, -0.1) is 0 Å². The molecule has 2 aromatic heterocycles. The van der Waals surface area contributed by atoms with E-state index in [-0.39, 0.29) is 0 Å². The highest BCUT2D eigenvalue weighted by atomic mass is 16.5. The predicted octanol–water partition coefficient (Wildman–Crippen LogP) is 1.09. The maximum absolute atomic E-state index is 5.75. The fourth-order valence-corrected chi connectivity index (χ4v) is 4.76. The molecule has 4 aliphatic heterocycles. The molecule has 2 N–H and O–H groups in total. The molecule has 6 heterocycles. The van der Waals surface area contributed by atoms with Crippen molar-refractivity contribution in [2.24, 2.45) is 5.92 Å². The molecule has 5 fully saturated rings. The number of nitrogens with zero attached hydrogens (tertiary/aromatic N) is 6. The Morgan fingerprint density at radius 3 is 2.54 bits per heavy atom. The molecule has 4 saturated heterocycles. The number of ether oxygens (including phenoxy) is 1. The Kier molecular flexibility index (Phi) is 2.97. The zero-order chi connectivity index (χ0) is 17.3. The Labute approximate surface area is 151 Å². The van der Waals surface area contributed by atoms with E-state index in [1.54, 1.807) is 12.4 Å². The van der Waals surface area contributed by atoms with E-state index >= 15 is 0 Å². The maximum Gasteiger partial charge on any atom is 0.228 e. The molecular formula is C18H21N7O. The van der Waals surface area contributed by atoms with Crippen LogP contribution in [-0.4, -0.2) is 57.8 Å². The lowest BCUT2D eigenvalue weighted by Gasteiger charge is -2.30. The van der Waals surface area contributed by atoms with Gasteiger partial charge in [-0.1, -0.05) is 0 Å². The summed E-state index contributed by atoms with van der Waals surface area (Å²) in [6, 6.07) is 3.05. The van der Waals surface area contributed by atoms with Gasteiger partial charge < -0.3 is 20.3 Å². The molecular weight excluding hydrogens is 330 g/mol. The summed E-state index contributed by atoms with van der Waals surface area (Å²) in [5.74, 6) is 3.02. The molecule has 7 rings (SSSR count). The highest BCUT2D eigenvalue weighted by Crippen LogP contribution is 2.43. The lowest BCUT2D eigenvalue weighted by molar-refractivity contribution is 0.0989. The number of hydrogen-bond donors (Lipinski definition) is 1. The lowest BCUT2D eigenvalue weighted by atomic mass is 9.86. The normalized spacial score (nSPS) is 31.5. The van der Waals surface area contributed by atoms with E-state index in [0.29, 0.717) is 24.0 Å². The quantitative estimate of drug-likeness (QED) is 0.878. The monoisotopic (exact) mass is 351 g/mol. The first kappa shape index (κ1) is 14.7. The molecule has 0 amide bonds. The van der Waals surface area contributed by atoms with Crippen molar-refractivity contribution in [2.75, 3.05) is 35.2 Å². The molecule has 8 heteroatoms. The second-order valence-electron chi connectivity index (χ2n) is 7.88. The first-order valence-electron chi connectivity index (χ1n) is 9.35. The number of nitrogens with two attached hydrogens (primary N) is 1. The molecule has 4 bridgehead atoms. The van der Waals surface area contributed by atoms with Crippen LogP contribution in [-0.2, 0) is 4.74 Å². The summed E-state index contributed by atoms with van der Waals surface area (Å²) >= 11 is 0. The summed E-state index contributed by atoms with van der Waals surface area (Å²) in [5, 5.41) is 0. The summed E-state index contributed by atoms with van der Waals surface area (Å²) in [4.78, 5) is 23.1. The van der Waals surface area contributed by atoms with Crippen LogP contribution in [0.1, 0.15) is 19.3 Å². The van der Waals surface area contributed by atoms with Crippen LogP contribution in [0.25, 0.3) is 11.4 Å². The van der Waals surface area contributed by atoms with Crippen LogP contribution in [0.4, 0.5) is 17.6 Å². The van der Waals surface area contributed by atoms with Gasteiger partial charge in [-0.25, -0.2) is 15.0 Å². The number of anilines is 3. The van der Waals surface area contributed by atoms with Gasteiger partial charge in [0.15, 0.2) is 0 Å². The van der Waals surface area contributed by atoms with Gasteiger partial charge in [0.05, 0.1) is 36.8 Å². The van der Waals surface area contributed by atoms with Crippen molar-refractivity contribution in [3.63, 3.8) is 0 Å². The number of rotatable bonds is 3. The van der Waals surface area contributed by atoms with Gasteiger partial charge in [0.2, 0.25) is 5.95 Å². The van der Waals surface area contributed by atoms with Gasteiger partial charge in [-0.2, -0.15) is 4.98 Å². The smallest absolute Gasteiger partial charge is 0.228 e. The van der Waals surface area contributed by atoms with Crippen LogP contribution in [0.3, 0.4) is 0 Å². The van der Waals surface area contributed by atoms with E-state index < -0.39 is 0 Å². The summed E-state index contributed by atoms with van der Waals surface area (Å²) in [6.07, 6.45) is 7.23. The van der Waals surface area contributed by atoms with Gasteiger partial charge in [0.1, 0.15) is 17.3 Å². The second-order valence-corrected chi connectivity index (χ2v) is 7.88. The third-order valence-electron chi connectivity index (χ3n) is 6.19. The molecule has 0 spiro atoms. The van der Waals surface area contributed by atoms with Gasteiger partial charge in [-0.05, 0) is 25.2 Å². The van der Waals surface area contributed by atoms with E-state index in [4.69, 9.17) is 20.4 Å². The molecule has 5 aliphatic rings. The number of fused-ring (bicyclic) bond motifs is 3. The highest BCUT2D eigenvalue weighted by molar-refractivity contribution is 5.63. The van der Waals surface area contributed by atoms with Crippen LogP contribution in [0.2, 0.25) is 0 Å². The molecule has 134 valence electrons. The Morgan fingerprint density at radius 1 is 0.962 bits per heavy atom. The number of hydrogen-bond acceptors (Lipinski definition) is 8. The standard InChI is InChI=1S/C18H21N7O/c19-16-6-20-15(5-21-16)14-4-17(24-8-13-3-12(24)9-26-13)23-18(22-14)25-7-10-1-11(25)2-10/h4-6,10-13H,1-3,7-9H2,(H2,19,21)/t10?,11?,12-,13-/m0/s1. The minimum atomic E-state index is 0.331. The van der Waals surface area contributed by atoms with Crippen molar-refractivity contribution in [1.29, 1.82) is 0 Å². The molecule has 0 unspecified atom stereocenters. The van der Waals surface area contributed by atoms with Crippen LogP contribution in [0.5, 0.6) is 0 Å². The Hall–Kier alpha value is -2.48. The van der Waals surface area contributed by atoms with E-state index in [1.165, 1.54) is 12.8 Å². The molecule has 0 radical (unpaired) electrons. The third kappa shape index (κ3) is 2.18. The average molecular weight is 351 g/mol. The third-order valence-corrected chi connectivity index (χ3v) is 6.19. The van der Waals surface area contributed by atoms with Gasteiger partial charge >= 0.3 is 0 Å². The fraction of sp³-hybridized carbons (Fsp3) is 0.556. The van der Waals surface area contributed by atoms with Crippen LogP contribution in [0, 0.1) is 5.92 Å². The van der Waals surface area contributed by atoms with E-state index in [1.807, 2.05) is 6.07 Å². The number of nitrogen functional groups attached to an aromatic ring is 1. The van der Waals surface area contributed by atoms with E-state index in [0.717, 1.165) is 55.2 Å². The molecule has 8 nitrogen and oxygen atoms in total. The molecule has 1 saturated carbocycles. The zero-order valence-corrected chi connectivity index (χ0v) is 14.5. The lowest BCUT2D eigenvalue weighted by Crippen LogP contribution is -2.38. The summed E-state index contributed by atoms with van der Waals surface area (Å²) in [5.41, 5.74) is 7.23. The Bertz CT molecular complexity index is 851. The maximum atomic E-state index is 5.75. The molecule has 2 aromatic rings. The first-order valence-corrected chi connectivity index (χ1v) is 9.35. The Morgan fingerprint density at radius 2 is 1.88 bits per heavy atom. The van der Waals surface area contributed by atoms with Gasteiger partial charge in [0, 0.05) is 25.2 Å². The molecule has 26 heavy (non-hydrogen) atoms. The summed E-state index contributed by atoms with van der Waals surface area (Å²) in [6.45, 7) is 2.76. The fourth-order valence-electron chi connectivity index (χ4n) is 4.76. The van der Waals surface area contributed by atoms with Crippen molar-refractivity contribution >= 4 is 17.6 Å². The van der Waals surface area contributed by atoms with Crippen LogP contribution in [0.15, 0.2) is 18.5 Å². The molecule has 1 aliphatic carbocycles. The van der Waals surface area contributed by atoms with E-state index in [9.17, 15) is 0 Å². The summed E-state index contributed by atoms with van der Waals surface area (Å²) in [7, 11) is 0. The predicted molar refractivity (Wildman–Crippen MR) is 96.8 cm³/mol. The van der Waals surface area contributed by atoms with Crippen molar-refractivity contribution in [1.82, 2.24) is 19.9 Å². The van der Waals surface area contributed by atoms with E-state index in [2.05, 4.69) is 19.8 Å². The minimum absolute atomic E-state index is 0.331. The SMILES string of the molecule is Nc1cnc(-c2cc(N3C[C@@H]4C[C@H]3CO4)nc(N3CC4CC3C4)n2)cn1. The first-order chi connectivity index (χ1) is 12.7.